The van der Waals surface area contributed by atoms with Gasteiger partial charge >= 0.3 is 5.69 Å². The molecule has 92 valence electrons. The molecule has 0 aliphatic rings. The smallest absolute Gasteiger partial charge is 0.313 e. The average Bonchev–Trinajstić information content (AvgIpc) is 2.66. The van der Waals surface area contributed by atoms with E-state index in [9.17, 15) is 9.59 Å². The Kier molecular flexibility index (Phi) is 3.10. The first-order valence-electron chi connectivity index (χ1n) is 5.33. The lowest BCUT2D eigenvalue weighted by molar-refractivity contribution is 0.637. The third kappa shape index (κ3) is 1.80. The zero-order valence-electron chi connectivity index (χ0n) is 9.98. The van der Waals surface area contributed by atoms with Crippen LogP contribution in [-0.2, 0) is 13.6 Å². The van der Waals surface area contributed by atoms with Gasteiger partial charge in [-0.3, -0.25) is 14.3 Å². The second kappa shape index (κ2) is 4.40. The van der Waals surface area contributed by atoms with E-state index in [-0.39, 0.29) is 5.56 Å². The van der Waals surface area contributed by atoms with Crippen molar-refractivity contribution in [1.82, 2.24) is 19.1 Å². The van der Waals surface area contributed by atoms with Crippen molar-refractivity contribution in [2.24, 2.45) is 7.05 Å². The minimum absolute atomic E-state index is 0.371. The molecule has 0 atom stereocenters. The fourth-order valence-corrected chi connectivity index (χ4v) is 2.38. The number of aromatic amines is 1. The Hall–Kier alpha value is -1.50. The first-order chi connectivity index (χ1) is 8.10. The van der Waals surface area contributed by atoms with Crippen LogP contribution in [-0.4, -0.2) is 25.4 Å². The number of hydrogen-bond acceptors (Lipinski definition) is 4. The number of rotatable bonds is 3. The van der Waals surface area contributed by atoms with Crippen molar-refractivity contribution in [3.05, 3.63) is 20.8 Å². The molecule has 2 rings (SSSR count). The highest BCUT2D eigenvalue weighted by Crippen LogP contribution is 2.19. The molecule has 0 unspecified atom stereocenters. The molecule has 0 radical (unpaired) electrons. The second-order valence-corrected chi connectivity index (χ2v) is 4.51. The van der Waals surface area contributed by atoms with Crippen LogP contribution in [0.25, 0.3) is 11.2 Å². The lowest BCUT2D eigenvalue weighted by atomic mass is 10.4. The highest BCUT2D eigenvalue weighted by atomic mass is 32.2. The van der Waals surface area contributed by atoms with Gasteiger partial charge in [-0.25, -0.2) is 9.78 Å². The summed E-state index contributed by atoms with van der Waals surface area (Å²) >= 11 is 1.47. The van der Waals surface area contributed by atoms with E-state index in [0.717, 1.165) is 11.6 Å². The normalized spacial score (nSPS) is 11.2. The Balaban J connectivity index is 2.92. The molecule has 0 aliphatic heterocycles. The largest absolute Gasteiger partial charge is 0.329 e. The Morgan fingerprint density at radius 2 is 2.12 bits per heavy atom. The first kappa shape index (κ1) is 12.0. The molecule has 0 bridgehead atoms. The molecule has 6 nitrogen and oxygen atoms in total. The van der Waals surface area contributed by atoms with Crippen LogP contribution in [0.5, 0.6) is 0 Å². The van der Waals surface area contributed by atoms with Gasteiger partial charge in [0.15, 0.2) is 16.3 Å². The Bertz CT molecular complexity index is 667. The number of H-pyrrole nitrogens is 1. The van der Waals surface area contributed by atoms with E-state index < -0.39 is 5.69 Å². The number of aryl methyl sites for hydroxylation is 2. The summed E-state index contributed by atoms with van der Waals surface area (Å²) in [4.78, 5) is 29.9. The summed E-state index contributed by atoms with van der Waals surface area (Å²) in [5.41, 5.74) is 0.107. The molecule has 2 aromatic heterocycles. The number of hydrogen-bond donors (Lipinski definition) is 1. The zero-order chi connectivity index (χ0) is 12.6. The first-order valence-corrected chi connectivity index (χ1v) is 6.56. The van der Waals surface area contributed by atoms with E-state index >= 15 is 0 Å². The standard InChI is InChI=1S/C10H14N4O2S/c1-4-5-14-6-7(11-10(14)17-3)13(2)9(16)12-8(6)15/h4-5H2,1-3H3,(H,12,15,16). The number of thioether (sulfide) groups is 1. The van der Waals surface area contributed by atoms with Crippen molar-refractivity contribution < 1.29 is 0 Å². The maximum absolute atomic E-state index is 11.8. The van der Waals surface area contributed by atoms with E-state index in [1.165, 1.54) is 16.3 Å². The van der Waals surface area contributed by atoms with Gasteiger partial charge < -0.3 is 4.57 Å². The van der Waals surface area contributed by atoms with Crippen LogP contribution < -0.4 is 11.2 Å². The molecule has 2 aromatic rings. The van der Waals surface area contributed by atoms with Crippen LogP contribution >= 0.6 is 11.8 Å². The molecule has 7 heteroatoms. The van der Waals surface area contributed by atoms with Gasteiger partial charge in [-0.2, -0.15) is 0 Å². The maximum atomic E-state index is 11.8. The highest BCUT2D eigenvalue weighted by molar-refractivity contribution is 7.98. The van der Waals surface area contributed by atoms with E-state index in [0.29, 0.717) is 17.7 Å². The molecular formula is C10H14N4O2S. The minimum atomic E-state index is -0.434. The van der Waals surface area contributed by atoms with Crippen LogP contribution in [0.3, 0.4) is 0 Å². The van der Waals surface area contributed by atoms with Gasteiger partial charge in [-0.1, -0.05) is 18.7 Å². The van der Waals surface area contributed by atoms with Crippen LogP contribution in [0.15, 0.2) is 14.7 Å². The van der Waals surface area contributed by atoms with E-state index in [1.54, 1.807) is 7.05 Å². The van der Waals surface area contributed by atoms with Crippen molar-refractivity contribution in [1.29, 1.82) is 0 Å². The third-order valence-corrected chi connectivity index (χ3v) is 3.28. The molecule has 2 heterocycles. The monoisotopic (exact) mass is 254 g/mol. The van der Waals surface area contributed by atoms with Crippen molar-refractivity contribution in [3.63, 3.8) is 0 Å². The topological polar surface area (TPSA) is 72.7 Å². The third-order valence-electron chi connectivity index (χ3n) is 2.60. The summed E-state index contributed by atoms with van der Waals surface area (Å²) in [6.07, 6.45) is 2.81. The van der Waals surface area contributed by atoms with Gasteiger partial charge in [0.25, 0.3) is 5.56 Å². The molecule has 0 aliphatic carbocycles. The number of nitrogens with zero attached hydrogens (tertiary/aromatic N) is 3. The number of imidazole rings is 1. The highest BCUT2D eigenvalue weighted by Gasteiger charge is 2.15. The molecule has 0 aromatic carbocycles. The Morgan fingerprint density at radius 3 is 2.71 bits per heavy atom. The molecule has 0 spiro atoms. The quantitative estimate of drug-likeness (QED) is 0.812. The zero-order valence-corrected chi connectivity index (χ0v) is 10.8. The Morgan fingerprint density at radius 1 is 1.41 bits per heavy atom. The molecule has 1 N–H and O–H groups in total. The summed E-state index contributed by atoms with van der Waals surface area (Å²) in [7, 11) is 1.61. The summed E-state index contributed by atoms with van der Waals surface area (Å²) in [6.45, 7) is 2.75. The van der Waals surface area contributed by atoms with Gasteiger partial charge in [0.2, 0.25) is 0 Å². The number of nitrogens with one attached hydrogen (secondary N) is 1. The van der Waals surface area contributed by atoms with Crippen LogP contribution in [0.2, 0.25) is 0 Å². The fourth-order valence-electron chi connectivity index (χ4n) is 1.80. The molecular weight excluding hydrogens is 240 g/mol. The van der Waals surface area contributed by atoms with Crippen molar-refractivity contribution in [3.8, 4) is 0 Å². The van der Waals surface area contributed by atoms with Crippen molar-refractivity contribution >= 4 is 22.9 Å². The number of aromatic nitrogens is 4. The summed E-state index contributed by atoms with van der Waals surface area (Å²) in [6, 6.07) is 0. The van der Waals surface area contributed by atoms with E-state index in [4.69, 9.17) is 0 Å². The van der Waals surface area contributed by atoms with Crippen LogP contribution in [0.4, 0.5) is 0 Å². The molecule has 0 saturated carbocycles. The van der Waals surface area contributed by atoms with Crippen molar-refractivity contribution in [2.45, 2.75) is 25.0 Å². The van der Waals surface area contributed by atoms with Gasteiger partial charge in [-0.15, -0.1) is 0 Å². The predicted molar refractivity (Wildman–Crippen MR) is 67.7 cm³/mol. The fraction of sp³-hybridized carbons (Fsp3) is 0.500. The van der Waals surface area contributed by atoms with Crippen molar-refractivity contribution in [2.75, 3.05) is 6.26 Å². The molecule has 0 fully saturated rings. The SMILES string of the molecule is CCCn1c(SC)nc2c1c(=O)[nH]c(=O)n2C. The van der Waals surface area contributed by atoms with Gasteiger partial charge in [0, 0.05) is 13.6 Å². The average molecular weight is 254 g/mol. The van der Waals surface area contributed by atoms with E-state index in [2.05, 4.69) is 9.97 Å². The lowest BCUT2D eigenvalue weighted by Crippen LogP contribution is -2.29. The van der Waals surface area contributed by atoms with E-state index in [1.807, 2.05) is 17.7 Å². The van der Waals surface area contributed by atoms with Gasteiger partial charge in [-0.05, 0) is 12.7 Å². The summed E-state index contributed by atoms with van der Waals surface area (Å²) in [5.74, 6) is 0. The summed E-state index contributed by atoms with van der Waals surface area (Å²) < 4.78 is 3.22. The van der Waals surface area contributed by atoms with Gasteiger partial charge in [0.1, 0.15) is 0 Å². The minimum Gasteiger partial charge on any atom is -0.313 e. The molecule has 17 heavy (non-hydrogen) atoms. The Labute approximate surface area is 102 Å². The van der Waals surface area contributed by atoms with Gasteiger partial charge in [0.05, 0.1) is 0 Å². The molecule has 0 amide bonds. The van der Waals surface area contributed by atoms with Crippen LogP contribution in [0, 0.1) is 0 Å². The summed E-state index contributed by atoms with van der Waals surface area (Å²) in [5, 5.41) is 0.758. The maximum Gasteiger partial charge on any atom is 0.329 e. The van der Waals surface area contributed by atoms with Crippen LogP contribution in [0.1, 0.15) is 13.3 Å². The second-order valence-electron chi connectivity index (χ2n) is 3.74. The number of fused-ring (bicyclic) bond motifs is 1. The lowest BCUT2D eigenvalue weighted by Gasteiger charge is -2.04. The predicted octanol–water partition coefficient (Wildman–Crippen LogP) is 0.555. The molecule has 0 saturated heterocycles.